The molecule has 1 aliphatic heterocycles. The summed E-state index contributed by atoms with van der Waals surface area (Å²) in [5.74, 6) is 0. The highest BCUT2D eigenvalue weighted by molar-refractivity contribution is 7.84. The third-order valence-electron chi connectivity index (χ3n) is 2.66. The molecule has 1 fully saturated rings. The molecular weight excluding hydrogens is 276 g/mol. The molecule has 0 radical (unpaired) electrons. The molecule has 1 aliphatic rings. The van der Waals surface area contributed by atoms with Crippen molar-refractivity contribution >= 4 is 17.1 Å². The van der Waals surface area contributed by atoms with E-state index < -0.39 is 16.6 Å². The first-order chi connectivity index (χ1) is 9.00. The zero-order valence-corrected chi connectivity index (χ0v) is 14.1. The molecule has 1 amide bonds. The molecule has 20 heavy (non-hydrogen) atoms. The minimum atomic E-state index is -1.19. The van der Waals surface area contributed by atoms with E-state index in [2.05, 4.69) is 4.72 Å². The van der Waals surface area contributed by atoms with Crippen LogP contribution in [0.2, 0.25) is 0 Å². The molecule has 0 spiro atoms. The van der Waals surface area contributed by atoms with E-state index in [1.54, 1.807) is 11.1 Å². The summed E-state index contributed by atoms with van der Waals surface area (Å²) in [4.78, 5) is 13.7. The Morgan fingerprint density at radius 3 is 2.40 bits per heavy atom. The van der Waals surface area contributed by atoms with E-state index >= 15 is 0 Å². The van der Waals surface area contributed by atoms with Gasteiger partial charge >= 0.3 is 6.09 Å². The number of allylic oxidation sites excluding steroid dienone is 1. The first kappa shape index (κ1) is 17.0. The standard InChI is InChI=1S/C14H26N2O3S/c1-13(2,3)19-12(17)16-9-7-8-11(16)10-15-20(18)14(4,5)6/h10,15H,7-9H2,1-6H3. The number of hydrogen-bond donors (Lipinski definition) is 1. The average Bonchev–Trinajstić information content (AvgIpc) is 2.70. The van der Waals surface area contributed by atoms with Crippen LogP contribution >= 0.6 is 0 Å². The second kappa shape index (κ2) is 6.16. The smallest absolute Gasteiger partial charge is 0.414 e. The number of nitrogens with one attached hydrogen (secondary N) is 1. The van der Waals surface area contributed by atoms with Crippen LogP contribution in [0.15, 0.2) is 11.9 Å². The molecule has 0 aromatic rings. The van der Waals surface area contributed by atoms with Gasteiger partial charge in [0.15, 0.2) is 0 Å². The summed E-state index contributed by atoms with van der Waals surface area (Å²) in [6.45, 7) is 11.9. The maximum atomic E-state index is 12.1. The van der Waals surface area contributed by atoms with Crippen LogP contribution in [0.1, 0.15) is 54.4 Å². The van der Waals surface area contributed by atoms with Crippen molar-refractivity contribution in [1.82, 2.24) is 9.62 Å². The van der Waals surface area contributed by atoms with Crippen molar-refractivity contribution in [2.75, 3.05) is 6.54 Å². The lowest BCUT2D eigenvalue weighted by atomic mass is 10.2. The number of likely N-dealkylation sites (tertiary alicyclic amines) is 1. The van der Waals surface area contributed by atoms with Gasteiger partial charge in [-0.05, 0) is 54.4 Å². The first-order valence-corrected chi connectivity index (χ1v) is 8.03. The third-order valence-corrected chi connectivity index (χ3v) is 4.11. The van der Waals surface area contributed by atoms with Gasteiger partial charge < -0.3 is 9.46 Å². The Balaban J connectivity index is 2.70. The van der Waals surface area contributed by atoms with Crippen molar-refractivity contribution in [2.45, 2.75) is 64.7 Å². The lowest BCUT2D eigenvalue weighted by molar-refractivity contribution is 0.0338. The first-order valence-electron chi connectivity index (χ1n) is 6.88. The number of nitrogens with zero attached hydrogens (tertiary/aromatic N) is 1. The van der Waals surface area contributed by atoms with Crippen LogP contribution in [0, 0.1) is 0 Å². The third kappa shape index (κ3) is 5.15. The molecule has 116 valence electrons. The molecule has 0 aromatic carbocycles. The Hall–Kier alpha value is -1.04. The number of ether oxygens (including phenoxy) is 1. The van der Waals surface area contributed by atoms with Gasteiger partial charge in [0.05, 0.1) is 4.75 Å². The molecule has 1 heterocycles. The molecule has 6 heteroatoms. The predicted molar refractivity (Wildman–Crippen MR) is 81.3 cm³/mol. The van der Waals surface area contributed by atoms with Crippen LogP contribution in [0.4, 0.5) is 4.79 Å². The van der Waals surface area contributed by atoms with E-state index in [0.29, 0.717) is 6.54 Å². The Morgan fingerprint density at radius 2 is 1.90 bits per heavy atom. The Morgan fingerprint density at radius 1 is 1.30 bits per heavy atom. The van der Waals surface area contributed by atoms with Gasteiger partial charge in [-0.25, -0.2) is 9.00 Å². The highest BCUT2D eigenvalue weighted by atomic mass is 32.2. The summed E-state index contributed by atoms with van der Waals surface area (Å²) in [5, 5.41) is 0. The highest BCUT2D eigenvalue weighted by Crippen LogP contribution is 2.23. The van der Waals surface area contributed by atoms with Gasteiger partial charge in [0.1, 0.15) is 16.6 Å². The van der Waals surface area contributed by atoms with E-state index in [1.165, 1.54) is 0 Å². The molecule has 5 nitrogen and oxygen atoms in total. The van der Waals surface area contributed by atoms with E-state index in [1.807, 2.05) is 41.5 Å². The summed E-state index contributed by atoms with van der Waals surface area (Å²) in [7, 11) is -1.19. The summed E-state index contributed by atoms with van der Waals surface area (Å²) in [6, 6.07) is 0. The summed E-state index contributed by atoms with van der Waals surface area (Å²) in [6.07, 6.45) is 3.02. The largest absolute Gasteiger partial charge is 0.443 e. The van der Waals surface area contributed by atoms with Crippen molar-refractivity contribution in [3.63, 3.8) is 0 Å². The number of amides is 1. The van der Waals surface area contributed by atoms with Gasteiger partial charge in [-0.15, -0.1) is 0 Å². The Labute approximate surface area is 124 Å². The van der Waals surface area contributed by atoms with Gasteiger partial charge in [-0.2, -0.15) is 0 Å². The topological polar surface area (TPSA) is 58.6 Å². The summed E-state index contributed by atoms with van der Waals surface area (Å²) in [5.41, 5.74) is 0.323. The van der Waals surface area contributed by atoms with Crippen molar-refractivity contribution in [1.29, 1.82) is 0 Å². The predicted octanol–water partition coefficient (Wildman–Crippen LogP) is 2.91. The maximum Gasteiger partial charge on any atom is 0.414 e. The van der Waals surface area contributed by atoms with E-state index in [-0.39, 0.29) is 10.8 Å². The lowest BCUT2D eigenvalue weighted by Gasteiger charge is -2.25. The second-order valence-electron chi connectivity index (χ2n) is 6.87. The number of carbonyl (C=O) groups is 1. The quantitative estimate of drug-likeness (QED) is 0.853. The minimum Gasteiger partial charge on any atom is -0.443 e. The number of rotatable bonds is 2. The fourth-order valence-corrected chi connectivity index (χ4v) is 2.27. The molecule has 1 unspecified atom stereocenters. The van der Waals surface area contributed by atoms with Crippen LogP contribution in [0.5, 0.6) is 0 Å². The van der Waals surface area contributed by atoms with Crippen molar-refractivity contribution in [2.24, 2.45) is 0 Å². The molecule has 0 saturated carbocycles. The lowest BCUT2D eigenvalue weighted by Crippen LogP contribution is -2.35. The fraction of sp³-hybridized carbons (Fsp3) is 0.786. The van der Waals surface area contributed by atoms with Gasteiger partial charge in [0.25, 0.3) is 0 Å². The molecule has 1 N–H and O–H groups in total. The van der Waals surface area contributed by atoms with Crippen molar-refractivity contribution in [3.05, 3.63) is 11.9 Å². The van der Waals surface area contributed by atoms with Crippen LogP contribution < -0.4 is 4.72 Å². The van der Waals surface area contributed by atoms with Crippen molar-refractivity contribution < 1.29 is 13.7 Å². The van der Waals surface area contributed by atoms with Crippen molar-refractivity contribution in [3.8, 4) is 0 Å². The number of hydrogen-bond acceptors (Lipinski definition) is 3. The minimum absolute atomic E-state index is 0.341. The van der Waals surface area contributed by atoms with E-state index in [9.17, 15) is 9.00 Å². The normalized spacial score (nSPS) is 20.1. The van der Waals surface area contributed by atoms with Gasteiger partial charge in [0, 0.05) is 18.4 Å². The van der Waals surface area contributed by atoms with Crippen LogP contribution in [-0.4, -0.2) is 32.1 Å². The monoisotopic (exact) mass is 302 g/mol. The fourth-order valence-electron chi connectivity index (χ4n) is 1.67. The average molecular weight is 302 g/mol. The summed E-state index contributed by atoms with van der Waals surface area (Å²) >= 11 is 0. The molecule has 1 rings (SSSR count). The zero-order valence-electron chi connectivity index (χ0n) is 13.3. The Bertz CT molecular complexity index is 419. The second-order valence-corrected chi connectivity index (χ2v) is 8.87. The molecule has 0 aromatic heterocycles. The van der Waals surface area contributed by atoms with Gasteiger partial charge in [-0.3, -0.25) is 4.90 Å². The van der Waals surface area contributed by atoms with E-state index in [4.69, 9.17) is 4.74 Å². The highest BCUT2D eigenvalue weighted by Gasteiger charge is 2.28. The summed E-state index contributed by atoms with van der Waals surface area (Å²) < 4.78 is 19.8. The Kier molecular flexibility index (Phi) is 5.24. The van der Waals surface area contributed by atoms with Crippen LogP contribution in [0.25, 0.3) is 0 Å². The van der Waals surface area contributed by atoms with Crippen LogP contribution in [0.3, 0.4) is 0 Å². The molecular formula is C14H26N2O3S. The zero-order chi connectivity index (χ0) is 15.6. The van der Waals surface area contributed by atoms with Crippen LogP contribution in [-0.2, 0) is 15.7 Å². The van der Waals surface area contributed by atoms with E-state index in [0.717, 1.165) is 18.5 Å². The molecule has 1 atom stereocenters. The SMILES string of the molecule is CC(C)(C)OC(=O)N1CCCC1=CNS(=O)C(C)(C)C. The van der Waals surface area contributed by atoms with Gasteiger partial charge in [0.2, 0.25) is 0 Å². The van der Waals surface area contributed by atoms with Gasteiger partial charge in [-0.1, -0.05) is 0 Å². The molecule has 0 aliphatic carbocycles. The molecule has 0 bridgehead atoms. The molecule has 1 saturated heterocycles. The number of carbonyl (C=O) groups excluding carboxylic acids is 1. The maximum absolute atomic E-state index is 12.1.